The largest absolute Gasteiger partial charge is 0.293 e. The number of rotatable bonds is 0. The molecule has 0 amide bonds. The molecule has 8 heavy (non-hydrogen) atoms. The lowest BCUT2D eigenvalue weighted by Crippen LogP contribution is -2.22. The average molecular weight is 109 g/mol. The van der Waals surface area contributed by atoms with Gasteiger partial charge in [-0.05, 0) is 19.4 Å². The summed E-state index contributed by atoms with van der Waals surface area (Å²) in [7, 11) is 0. The summed E-state index contributed by atoms with van der Waals surface area (Å²) < 4.78 is 0. The molecule has 44 valence electrons. The lowest BCUT2D eigenvalue weighted by Gasteiger charge is -2.12. The Morgan fingerprint density at radius 1 is 1.50 bits per heavy atom. The lowest BCUT2D eigenvalue weighted by molar-refractivity contribution is 0.344. The van der Waals surface area contributed by atoms with E-state index in [9.17, 15) is 0 Å². The van der Waals surface area contributed by atoms with Crippen LogP contribution in [0.3, 0.4) is 0 Å². The Kier molecular flexibility index (Phi) is 0.908. The van der Waals surface area contributed by atoms with E-state index in [4.69, 9.17) is 0 Å². The Morgan fingerprint density at radius 2 is 2.50 bits per heavy atom. The zero-order valence-electron chi connectivity index (χ0n) is 5.01. The molecule has 0 N–H and O–H groups in total. The molecule has 1 fully saturated rings. The van der Waals surface area contributed by atoms with Crippen LogP contribution in [0.25, 0.3) is 0 Å². The van der Waals surface area contributed by atoms with Crippen molar-refractivity contribution in [3.8, 4) is 0 Å². The van der Waals surface area contributed by atoms with Crippen LogP contribution in [0.15, 0.2) is 12.2 Å². The maximum Gasteiger partial charge on any atom is 0.0282 e. The maximum absolute atomic E-state index is 2.53. The molecule has 2 rings (SSSR count). The van der Waals surface area contributed by atoms with E-state index in [1.807, 2.05) is 0 Å². The Balaban J connectivity index is 2.13. The molecule has 0 radical (unpaired) electrons. The second kappa shape index (κ2) is 1.59. The quantitative estimate of drug-likeness (QED) is 0.420. The van der Waals surface area contributed by atoms with Crippen molar-refractivity contribution in [2.24, 2.45) is 0 Å². The molecule has 1 saturated heterocycles. The van der Waals surface area contributed by atoms with Crippen LogP contribution in [0.5, 0.6) is 0 Å². The van der Waals surface area contributed by atoms with Crippen molar-refractivity contribution in [2.45, 2.75) is 18.9 Å². The normalized spacial score (nSPS) is 36.2. The Morgan fingerprint density at radius 3 is 3.38 bits per heavy atom. The Bertz CT molecular complexity index is 118. The highest BCUT2D eigenvalue weighted by Crippen LogP contribution is 2.21. The number of hydrogen-bond acceptors (Lipinski definition) is 1. The number of fused-ring (bicyclic) bond motifs is 1. The van der Waals surface area contributed by atoms with Gasteiger partial charge < -0.3 is 0 Å². The average Bonchev–Trinajstić information content (AvgIpc) is 2.15. The third kappa shape index (κ3) is 0.511. The van der Waals surface area contributed by atoms with Crippen molar-refractivity contribution in [2.75, 3.05) is 13.1 Å². The van der Waals surface area contributed by atoms with Gasteiger partial charge in [0.1, 0.15) is 0 Å². The minimum absolute atomic E-state index is 0.829. The summed E-state index contributed by atoms with van der Waals surface area (Å²) >= 11 is 0. The van der Waals surface area contributed by atoms with Crippen LogP contribution >= 0.6 is 0 Å². The van der Waals surface area contributed by atoms with Crippen LogP contribution in [0, 0.1) is 0 Å². The van der Waals surface area contributed by atoms with Crippen molar-refractivity contribution < 1.29 is 0 Å². The van der Waals surface area contributed by atoms with E-state index in [2.05, 4.69) is 17.1 Å². The fraction of sp³-hybridized carbons (Fsp3) is 0.714. The molecule has 0 aromatic heterocycles. The van der Waals surface area contributed by atoms with E-state index in [1.165, 1.54) is 25.9 Å². The summed E-state index contributed by atoms with van der Waals surface area (Å²) in [6.07, 6.45) is 7.43. The van der Waals surface area contributed by atoms with Crippen molar-refractivity contribution in [1.29, 1.82) is 0 Å². The first-order chi connectivity index (χ1) is 3.97. The van der Waals surface area contributed by atoms with E-state index < -0.39 is 0 Å². The molecule has 1 heteroatoms. The van der Waals surface area contributed by atoms with E-state index in [-0.39, 0.29) is 0 Å². The molecule has 0 unspecified atom stereocenters. The molecule has 0 spiro atoms. The molecule has 2 aliphatic heterocycles. The van der Waals surface area contributed by atoms with E-state index in [0.29, 0.717) is 0 Å². The van der Waals surface area contributed by atoms with E-state index >= 15 is 0 Å². The standard InChI is InChI=1S/C7H11N/c1-3-7-4-2-6-8(7)5-1/h1,3,7H,2,4-6H2/t7-/m1/s1. The molecule has 2 aliphatic rings. The molecule has 0 saturated carbocycles. The molecular weight excluding hydrogens is 98.1 g/mol. The van der Waals surface area contributed by atoms with Crippen LogP contribution in [0.4, 0.5) is 0 Å². The van der Waals surface area contributed by atoms with Crippen LogP contribution in [-0.2, 0) is 0 Å². The van der Waals surface area contributed by atoms with Gasteiger partial charge in [-0.2, -0.15) is 0 Å². The Hall–Kier alpha value is -0.300. The van der Waals surface area contributed by atoms with Gasteiger partial charge in [-0.1, -0.05) is 12.2 Å². The first-order valence-corrected chi connectivity index (χ1v) is 3.37. The fourth-order valence-corrected chi connectivity index (χ4v) is 1.65. The summed E-state index contributed by atoms with van der Waals surface area (Å²) in [4.78, 5) is 2.53. The maximum atomic E-state index is 2.53. The minimum atomic E-state index is 0.829. The molecule has 1 atom stereocenters. The highest BCUT2D eigenvalue weighted by Gasteiger charge is 2.23. The highest BCUT2D eigenvalue weighted by molar-refractivity contribution is 5.06. The van der Waals surface area contributed by atoms with Gasteiger partial charge in [-0.3, -0.25) is 4.90 Å². The second-order valence-corrected chi connectivity index (χ2v) is 2.63. The van der Waals surface area contributed by atoms with Crippen LogP contribution in [0.1, 0.15) is 12.8 Å². The third-order valence-electron chi connectivity index (χ3n) is 2.11. The second-order valence-electron chi connectivity index (χ2n) is 2.63. The summed E-state index contributed by atoms with van der Waals surface area (Å²) in [5, 5.41) is 0. The van der Waals surface area contributed by atoms with Gasteiger partial charge in [0.25, 0.3) is 0 Å². The van der Waals surface area contributed by atoms with Crippen molar-refractivity contribution in [3.05, 3.63) is 12.2 Å². The SMILES string of the molecule is C1=C[C@@H]2CCCN2C1. The van der Waals surface area contributed by atoms with Gasteiger partial charge in [0, 0.05) is 12.6 Å². The molecule has 2 heterocycles. The zero-order valence-corrected chi connectivity index (χ0v) is 5.01. The van der Waals surface area contributed by atoms with Crippen molar-refractivity contribution >= 4 is 0 Å². The fourth-order valence-electron chi connectivity index (χ4n) is 1.65. The summed E-state index contributed by atoms with van der Waals surface area (Å²) in [6.45, 7) is 2.54. The number of nitrogens with zero attached hydrogens (tertiary/aromatic N) is 1. The molecule has 1 nitrogen and oxygen atoms in total. The van der Waals surface area contributed by atoms with Crippen LogP contribution in [0.2, 0.25) is 0 Å². The van der Waals surface area contributed by atoms with Gasteiger partial charge in [0.2, 0.25) is 0 Å². The monoisotopic (exact) mass is 109 g/mol. The smallest absolute Gasteiger partial charge is 0.0282 e. The Labute approximate surface area is 50.0 Å². The third-order valence-corrected chi connectivity index (χ3v) is 2.11. The van der Waals surface area contributed by atoms with Gasteiger partial charge in [0.05, 0.1) is 0 Å². The van der Waals surface area contributed by atoms with Gasteiger partial charge in [0.15, 0.2) is 0 Å². The summed E-state index contributed by atoms with van der Waals surface area (Å²) in [6, 6.07) is 0.829. The van der Waals surface area contributed by atoms with Crippen molar-refractivity contribution in [1.82, 2.24) is 4.90 Å². The molecule has 0 aromatic carbocycles. The molecule has 0 aliphatic carbocycles. The predicted molar refractivity (Wildman–Crippen MR) is 33.7 cm³/mol. The first kappa shape index (κ1) is 4.57. The van der Waals surface area contributed by atoms with E-state index in [0.717, 1.165) is 6.04 Å². The zero-order chi connectivity index (χ0) is 5.40. The first-order valence-electron chi connectivity index (χ1n) is 3.37. The van der Waals surface area contributed by atoms with Gasteiger partial charge in [-0.25, -0.2) is 0 Å². The van der Waals surface area contributed by atoms with Crippen molar-refractivity contribution in [3.63, 3.8) is 0 Å². The highest BCUT2D eigenvalue weighted by atomic mass is 15.2. The van der Waals surface area contributed by atoms with Gasteiger partial charge >= 0.3 is 0 Å². The lowest BCUT2D eigenvalue weighted by atomic mass is 10.2. The van der Waals surface area contributed by atoms with E-state index in [1.54, 1.807) is 0 Å². The van der Waals surface area contributed by atoms with Crippen LogP contribution < -0.4 is 0 Å². The predicted octanol–water partition coefficient (Wildman–Crippen LogP) is 1.02. The molecule has 0 aromatic rings. The van der Waals surface area contributed by atoms with Crippen LogP contribution in [-0.4, -0.2) is 24.0 Å². The molecule has 0 bridgehead atoms. The topological polar surface area (TPSA) is 3.24 Å². The molecular formula is C7H11N. The summed E-state index contributed by atoms with van der Waals surface area (Å²) in [5.41, 5.74) is 0. The summed E-state index contributed by atoms with van der Waals surface area (Å²) in [5.74, 6) is 0. The number of hydrogen-bond donors (Lipinski definition) is 0. The van der Waals surface area contributed by atoms with Gasteiger partial charge in [-0.15, -0.1) is 0 Å². The minimum Gasteiger partial charge on any atom is -0.293 e.